The monoisotopic (exact) mass is 228 g/mol. The summed E-state index contributed by atoms with van der Waals surface area (Å²) >= 11 is 0. The molecule has 1 aliphatic heterocycles. The van der Waals surface area contributed by atoms with E-state index in [0.29, 0.717) is 0 Å². The number of nitrogens with zero attached hydrogens (tertiary/aromatic N) is 1. The predicted octanol–water partition coefficient (Wildman–Crippen LogP) is 1.73. The van der Waals surface area contributed by atoms with Crippen molar-refractivity contribution in [2.24, 2.45) is 5.92 Å². The summed E-state index contributed by atoms with van der Waals surface area (Å²) in [6.45, 7) is 5.61. The van der Waals surface area contributed by atoms with Gasteiger partial charge in [-0.15, -0.1) is 0 Å². The summed E-state index contributed by atoms with van der Waals surface area (Å²) in [7, 11) is 4.28. The van der Waals surface area contributed by atoms with Crippen molar-refractivity contribution in [3.8, 4) is 0 Å². The molecule has 0 spiro atoms. The quantitative estimate of drug-likeness (QED) is 0.640. The Bertz CT molecular complexity index is 158. The van der Waals surface area contributed by atoms with Crippen LogP contribution in [0.4, 0.5) is 0 Å². The van der Waals surface area contributed by atoms with Crippen molar-refractivity contribution in [3.63, 3.8) is 0 Å². The SMILES string of the molecule is CNCCCCCN(C)CC1CCOCC1. The number of rotatable bonds is 8. The van der Waals surface area contributed by atoms with Crippen molar-refractivity contribution in [1.82, 2.24) is 10.2 Å². The third kappa shape index (κ3) is 6.46. The highest BCUT2D eigenvalue weighted by Crippen LogP contribution is 2.15. The molecule has 1 saturated heterocycles. The van der Waals surface area contributed by atoms with Crippen LogP contribution in [0.5, 0.6) is 0 Å². The minimum atomic E-state index is 0.871. The van der Waals surface area contributed by atoms with E-state index in [4.69, 9.17) is 4.74 Å². The second-order valence-electron chi connectivity index (χ2n) is 4.98. The highest BCUT2D eigenvalue weighted by atomic mass is 16.5. The van der Waals surface area contributed by atoms with Gasteiger partial charge in [0.1, 0.15) is 0 Å². The normalized spacial score (nSPS) is 18.2. The smallest absolute Gasteiger partial charge is 0.0469 e. The Morgan fingerprint density at radius 2 is 1.94 bits per heavy atom. The van der Waals surface area contributed by atoms with Crippen molar-refractivity contribution >= 4 is 0 Å². The maximum atomic E-state index is 5.38. The third-order valence-corrected chi connectivity index (χ3v) is 3.38. The molecule has 16 heavy (non-hydrogen) atoms. The zero-order chi connectivity index (χ0) is 11.6. The molecule has 0 radical (unpaired) electrons. The second-order valence-corrected chi connectivity index (χ2v) is 4.98. The fourth-order valence-electron chi connectivity index (χ4n) is 2.32. The molecular formula is C13H28N2O. The molecule has 3 heteroatoms. The predicted molar refractivity (Wildman–Crippen MR) is 68.8 cm³/mol. The number of hydrogen-bond acceptors (Lipinski definition) is 3. The van der Waals surface area contributed by atoms with Crippen LogP contribution in [-0.4, -0.2) is 51.8 Å². The van der Waals surface area contributed by atoms with Gasteiger partial charge in [0, 0.05) is 19.8 Å². The van der Waals surface area contributed by atoms with Crippen LogP contribution < -0.4 is 5.32 Å². The second kappa shape index (κ2) is 8.97. The van der Waals surface area contributed by atoms with Crippen LogP contribution in [-0.2, 0) is 4.74 Å². The van der Waals surface area contributed by atoms with Crippen molar-refractivity contribution in [2.75, 3.05) is 46.9 Å². The molecule has 0 aromatic heterocycles. The lowest BCUT2D eigenvalue weighted by molar-refractivity contribution is 0.0556. The van der Waals surface area contributed by atoms with Crippen LogP contribution >= 0.6 is 0 Å². The van der Waals surface area contributed by atoms with Crippen LogP contribution in [0.25, 0.3) is 0 Å². The molecule has 1 fully saturated rings. The number of hydrogen-bond donors (Lipinski definition) is 1. The maximum Gasteiger partial charge on any atom is 0.0469 e. The summed E-state index contributed by atoms with van der Waals surface area (Å²) < 4.78 is 5.38. The van der Waals surface area contributed by atoms with Crippen LogP contribution in [0.2, 0.25) is 0 Å². The van der Waals surface area contributed by atoms with E-state index in [1.54, 1.807) is 0 Å². The van der Waals surface area contributed by atoms with E-state index in [-0.39, 0.29) is 0 Å². The third-order valence-electron chi connectivity index (χ3n) is 3.38. The summed E-state index contributed by atoms with van der Waals surface area (Å²) in [5.74, 6) is 0.871. The largest absolute Gasteiger partial charge is 0.381 e. The van der Waals surface area contributed by atoms with E-state index in [0.717, 1.165) is 25.7 Å². The molecule has 0 aromatic carbocycles. The van der Waals surface area contributed by atoms with Gasteiger partial charge in [0.05, 0.1) is 0 Å². The van der Waals surface area contributed by atoms with Crippen molar-refractivity contribution in [3.05, 3.63) is 0 Å². The Labute approximate surface area is 101 Å². The Morgan fingerprint density at radius 1 is 1.19 bits per heavy atom. The van der Waals surface area contributed by atoms with Crippen molar-refractivity contribution in [1.29, 1.82) is 0 Å². The molecule has 0 unspecified atom stereocenters. The molecule has 1 heterocycles. The van der Waals surface area contributed by atoms with Gasteiger partial charge in [0.2, 0.25) is 0 Å². The molecule has 0 saturated carbocycles. The Balaban J connectivity index is 1.95. The Kier molecular flexibility index (Phi) is 7.81. The van der Waals surface area contributed by atoms with Gasteiger partial charge in [-0.05, 0) is 58.8 Å². The average Bonchev–Trinajstić information content (AvgIpc) is 2.30. The summed E-state index contributed by atoms with van der Waals surface area (Å²) in [4.78, 5) is 2.50. The minimum absolute atomic E-state index is 0.871. The molecule has 0 amide bonds. The first-order valence-electron chi connectivity index (χ1n) is 6.74. The van der Waals surface area contributed by atoms with Gasteiger partial charge in [-0.1, -0.05) is 6.42 Å². The molecule has 1 N–H and O–H groups in total. The number of nitrogens with one attached hydrogen (secondary N) is 1. The number of unbranched alkanes of at least 4 members (excludes halogenated alkanes) is 2. The lowest BCUT2D eigenvalue weighted by Gasteiger charge is -2.27. The lowest BCUT2D eigenvalue weighted by Crippen LogP contribution is -2.30. The average molecular weight is 228 g/mol. The van der Waals surface area contributed by atoms with Gasteiger partial charge in [-0.25, -0.2) is 0 Å². The summed E-state index contributed by atoms with van der Waals surface area (Å²) in [5.41, 5.74) is 0. The van der Waals surface area contributed by atoms with Crippen LogP contribution in [0.3, 0.4) is 0 Å². The molecule has 1 rings (SSSR count). The molecule has 0 bridgehead atoms. The van der Waals surface area contributed by atoms with Crippen LogP contribution in [0, 0.1) is 5.92 Å². The zero-order valence-electron chi connectivity index (χ0n) is 11.0. The zero-order valence-corrected chi connectivity index (χ0v) is 11.0. The Hall–Kier alpha value is -0.120. The molecule has 0 aromatic rings. The first-order valence-corrected chi connectivity index (χ1v) is 6.74. The van der Waals surface area contributed by atoms with Crippen molar-refractivity contribution in [2.45, 2.75) is 32.1 Å². The topological polar surface area (TPSA) is 24.5 Å². The van der Waals surface area contributed by atoms with Crippen LogP contribution in [0.1, 0.15) is 32.1 Å². The standard InChI is InChI=1S/C13H28N2O/c1-14-8-4-3-5-9-15(2)12-13-6-10-16-11-7-13/h13-14H,3-12H2,1-2H3. The molecule has 1 aliphatic rings. The molecule has 0 aliphatic carbocycles. The fourth-order valence-corrected chi connectivity index (χ4v) is 2.32. The van der Waals surface area contributed by atoms with Gasteiger partial charge in [0.15, 0.2) is 0 Å². The molecule has 96 valence electrons. The first kappa shape index (κ1) is 13.9. The minimum Gasteiger partial charge on any atom is -0.381 e. The van der Waals surface area contributed by atoms with E-state index < -0.39 is 0 Å². The molecule has 0 atom stereocenters. The summed E-state index contributed by atoms with van der Waals surface area (Å²) in [6, 6.07) is 0. The highest BCUT2D eigenvalue weighted by Gasteiger charge is 2.15. The number of ether oxygens (including phenoxy) is 1. The van der Waals surface area contributed by atoms with E-state index >= 15 is 0 Å². The van der Waals surface area contributed by atoms with Gasteiger partial charge in [-0.3, -0.25) is 0 Å². The summed E-state index contributed by atoms with van der Waals surface area (Å²) in [5, 5.41) is 3.19. The van der Waals surface area contributed by atoms with Crippen LogP contribution in [0.15, 0.2) is 0 Å². The fraction of sp³-hybridized carbons (Fsp3) is 1.00. The Morgan fingerprint density at radius 3 is 2.62 bits per heavy atom. The van der Waals surface area contributed by atoms with E-state index in [9.17, 15) is 0 Å². The highest BCUT2D eigenvalue weighted by molar-refractivity contribution is 4.67. The molecule has 3 nitrogen and oxygen atoms in total. The lowest BCUT2D eigenvalue weighted by atomic mass is 10.00. The van der Waals surface area contributed by atoms with E-state index in [1.807, 2.05) is 7.05 Å². The van der Waals surface area contributed by atoms with Gasteiger partial charge in [0.25, 0.3) is 0 Å². The van der Waals surface area contributed by atoms with Crippen molar-refractivity contribution < 1.29 is 4.74 Å². The first-order chi connectivity index (χ1) is 7.83. The molecular weight excluding hydrogens is 200 g/mol. The van der Waals surface area contributed by atoms with Gasteiger partial charge < -0.3 is 15.0 Å². The van der Waals surface area contributed by atoms with Gasteiger partial charge >= 0.3 is 0 Å². The van der Waals surface area contributed by atoms with E-state index in [1.165, 1.54) is 45.2 Å². The maximum absolute atomic E-state index is 5.38. The van der Waals surface area contributed by atoms with E-state index in [2.05, 4.69) is 17.3 Å². The summed E-state index contributed by atoms with van der Waals surface area (Å²) in [6.07, 6.45) is 6.50. The van der Waals surface area contributed by atoms with Gasteiger partial charge in [-0.2, -0.15) is 0 Å².